The largest absolute Gasteiger partial charge is 0.347 e. The lowest BCUT2D eigenvalue weighted by atomic mass is 10.1. The second-order valence-corrected chi connectivity index (χ2v) is 7.81. The standard InChI is InChI=1S/C23H24N4OS/c1-3-26-15-19(18-12-8-9-13-20(18)26)21(28)16-29-23-25-24-22(27(23)4-2)14-17-10-6-5-7-11-17/h5-13,15H,3-4,14,16H2,1-2H3. The molecule has 0 aliphatic carbocycles. The fourth-order valence-electron chi connectivity index (χ4n) is 3.59. The van der Waals surface area contributed by atoms with Crippen molar-refractivity contribution in [3.8, 4) is 0 Å². The highest BCUT2D eigenvalue weighted by Crippen LogP contribution is 2.25. The number of aryl methyl sites for hydroxylation is 1. The Morgan fingerprint density at radius 3 is 2.48 bits per heavy atom. The van der Waals surface area contributed by atoms with E-state index >= 15 is 0 Å². The van der Waals surface area contributed by atoms with Crippen molar-refractivity contribution >= 4 is 28.4 Å². The molecule has 0 fully saturated rings. The molecule has 0 radical (unpaired) electrons. The van der Waals surface area contributed by atoms with Crippen LogP contribution in [-0.2, 0) is 19.5 Å². The van der Waals surface area contributed by atoms with Gasteiger partial charge in [-0.3, -0.25) is 4.79 Å². The zero-order chi connectivity index (χ0) is 20.2. The van der Waals surface area contributed by atoms with Crippen LogP contribution in [0.5, 0.6) is 0 Å². The van der Waals surface area contributed by atoms with E-state index in [0.717, 1.165) is 47.0 Å². The normalized spacial score (nSPS) is 11.2. The number of ketones is 1. The summed E-state index contributed by atoms with van der Waals surface area (Å²) in [4.78, 5) is 13.0. The lowest BCUT2D eigenvalue weighted by Crippen LogP contribution is -2.06. The van der Waals surface area contributed by atoms with Crippen LogP contribution in [0.1, 0.15) is 35.6 Å². The monoisotopic (exact) mass is 404 g/mol. The van der Waals surface area contributed by atoms with Crippen LogP contribution in [0.2, 0.25) is 0 Å². The van der Waals surface area contributed by atoms with Crippen LogP contribution in [-0.4, -0.2) is 30.9 Å². The van der Waals surface area contributed by atoms with Crippen LogP contribution in [0.4, 0.5) is 0 Å². The minimum absolute atomic E-state index is 0.119. The van der Waals surface area contributed by atoms with E-state index in [-0.39, 0.29) is 5.78 Å². The van der Waals surface area contributed by atoms with E-state index < -0.39 is 0 Å². The van der Waals surface area contributed by atoms with Crippen LogP contribution in [0.25, 0.3) is 10.9 Å². The second-order valence-electron chi connectivity index (χ2n) is 6.86. The van der Waals surface area contributed by atoms with Gasteiger partial charge in [0.1, 0.15) is 5.82 Å². The van der Waals surface area contributed by atoms with Gasteiger partial charge in [-0.2, -0.15) is 0 Å². The molecule has 0 N–H and O–H groups in total. The number of fused-ring (bicyclic) bond motifs is 1. The van der Waals surface area contributed by atoms with Gasteiger partial charge >= 0.3 is 0 Å². The van der Waals surface area contributed by atoms with Gasteiger partial charge in [0.05, 0.1) is 5.75 Å². The van der Waals surface area contributed by atoms with Gasteiger partial charge in [0.2, 0.25) is 0 Å². The molecular formula is C23H24N4OS. The average molecular weight is 405 g/mol. The third kappa shape index (κ3) is 3.98. The zero-order valence-corrected chi connectivity index (χ0v) is 17.5. The summed E-state index contributed by atoms with van der Waals surface area (Å²) < 4.78 is 4.22. The van der Waals surface area contributed by atoms with Gasteiger partial charge in [-0.25, -0.2) is 0 Å². The Morgan fingerprint density at radius 1 is 0.966 bits per heavy atom. The third-order valence-electron chi connectivity index (χ3n) is 5.08. The van der Waals surface area contributed by atoms with Gasteiger partial charge < -0.3 is 9.13 Å². The van der Waals surface area contributed by atoms with Gasteiger partial charge in [-0.1, -0.05) is 60.3 Å². The predicted octanol–water partition coefficient (Wildman–Crippen LogP) is 4.84. The molecule has 0 atom stereocenters. The fraction of sp³-hybridized carbons (Fsp3) is 0.261. The summed E-state index contributed by atoms with van der Waals surface area (Å²) in [7, 11) is 0. The summed E-state index contributed by atoms with van der Waals surface area (Å²) in [5.74, 6) is 1.39. The lowest BCUT2D eigenvalue weighted by molar-refractivity contribution is 0.102. The zero-order valence-electron chi connectivity index (χ0n) is 16.7. The number of carbonyl (C=O) groups excluding carboxylic acids is 1. The van der Waals surface area contributed by atoms with Gasteiger partial charge in [-0.05, 0) is 25.5 Å². The topological polar surface area (TPSA) is 52.7 Å². The first-order valence-electron chi connectivity index (χ1n) is 9.91. The maximum absolute atomic E-state index is 13.0. The molecule has 0 unspecified atom stereocenters. The molecule has 148 valence electrons. The summed E-state index contributed by atoms with van der Waals surface area (Å²) in [6, 6.07) is 18.3. The first-order valence-corrected chi connectivity index (χ1v) is 10.9. The van der Waals surface area contributed by atoms with Gasteiger partial charge in [-0.15, -0.1) is 10.2 Å². The summed E-state index contributed by atoms with van der Waals surface area (Å²) in [6.45, 7) is 5.79. The molecule has 0 saturated carbocycles. The maximum Gasteiger partial charge on any atom is 0.191 e. The Bertz CT molecular complexity index is 1130. The predicted molar refractivity (Wildman–Crippen MR) is 118 cm³/mol. The van der Waals surface area contributed by atoms with Crippen molar-refractivity contribution in [2.24, 2.45) is 0 Å². The molecule has 4 aromatic rings. The second kappa shape index (κ2) is 8.66. The molecule has 5 nitrogen and oxygen atoms in total. The van der Waals surface area contributed by atoms with E-state index in [4.69, 9.17) is 0 Å². The van der Waals surface area contributed by atoms with E-state index in [1.54, 1.807) is 0 Å². The van der Waals surface area contributed by atoms with Gasteiger partial charge in [0.15, 0.2) is 10.9 Å². The van der Waals surface area contributed by atoms with E-state index in [1.165, 1.54) is 17.3 Å². The molecule has 0 aliphatic rings. The quantitative estimate of drug-likeness (QED) is 0.311. The number of carbonyl (C=O) groups is 1. The number of Topliss-reactive ketones (excluding diaryl/α,β-unsaturated/α-hetero) is 1. The van der Waals surface area contributed by atoms with Gasteiger partial charge in [0, 0.05) is 42.2 Å². The highest BCUT2D eigenvalue weighted by atomic mass is 32.2. The number of hydrogen-bond acceptors (Lipinski definition) is 4. The van der Waals surface area contributed by atoms with Gasteiger partial charge in [0.25, 0.3) is 0 Å². The Kier molecular flexibility index (Phi) is 5.81. The van der Waals surface area contributed by atoms with Crippen molar-refractivity contribution in [1.82, 2.24) is 19.3 Å². The molecule has 0 bridgehead atoms. The Hall–Kier alpha value is -2.86. The minimum Gasteiger partial charge on any atom is -0.347 e. The number of rotatable bonds is 8. The maximum atomic E-state index is 13.0. The highest BCUT2D eigenvalue weighted by molar-refractivity contribution is 7.99. The van der Waals surface area contributed by atoms with E-state index in [2.05, 4.69) is 51.4 Å². The fourth-order valence-corrected chi connectivity index (χ4v) is 4.50. The van der Waals surface area contributed by atoms with Crippen LogP contribution < -0.4 is 0 Å². The van der Waals surface area contributed by atoms with Crippen LogP contribution in [0.3, 0.4) is 0 Å². The third-order valence-corrected chi connectivity index (χ3v) is 6.04. The van der Waals surface area contributed by atoms with Crippen LogP contribution >= 0.6 is 11.8 Å². The first kappa shape index (κ1) is 19.5. The molecule has 0 amide bonds. The van der Waals surface area contributed by atoms with E-state index in [0.29, 0.717) is 5.75 Å². The number of benzene rings is 2. The SMILES string of the molecule is CCn1c(Cc2ccccc2)nnc1SCC(=O)c1cn(CC)c2ccccc12. The van der Waals surface area contributed by atoms with Crippen molar-refractivity contribution in [3.63, 3.8) is 0 Å². The molecule has 6 heteroatoms. The van der Waals surface area contributed by atoms with E-state index in [9.17, 15) is 4.79 Å². The summed E-state index contributed by atoms with van der Waals surface area (Å²) in [6.07, 6.45) is 2.71. The summed E-state index contributed by atoms with van der Waals surface area (Å²) >= 11 is 1.46. The highest BCUT2D eigenvalue weighted by Gasteiger charge is 2.17. The summed E-state index contributed by atoms with van der Waals surface area (Å²) in [5, 5.41) is 10.5. The van der Waals surface area contributed by atoms with Crippen molar-refractivity contribution in [3.05, 3.63) is 77.7 Å². The number of para-hydroxylation sites is 1. The number of aromatic nitrogens is 4. The molecule has 2 heterocycles. The lowest BCUT2D eigenvalue weighted by Gasteiger charge is -2.07. The molecule has 2 aromatic carbocycles. The molecule has 29 heavy (non-hydrogen) atoms. The molecular weight excluding hydrogens is 380 g/mol. The van der Waals surface area contributed by atoms with Crippen molar-refractivity contribution in [2.45, 2.75) is 38.5 Å². The first-order chi connectivity index (χ1) is 14.2. The van der Waals surface area contributed by atoms with Crippen LogP contribution in [0, 0.1) is 0 Å². The minimum atomic E-state index is 0.119. The molecule has 2 aromatic heterocycles. The number of hydrogen-bond donors (Lipinski definition) is 0. The van der Waals surface area contributed by atoms with Crippen molar-refractivity contribution < 1.29 is 4.79 Å². The molecule has 4 rings (SSSR count). The average Bonchev–Trinajstić information content (AvgIpc) is 3.33. The number of nitrogens with zero attached hydrogens (tertiary/aromatic N) is 4. The van der Waals surface area contributed by atoms with Crippen molar-refractivity contribution in [1.29, 1.82) is 0 Å². The molecule has 0 spiro atoms. The molecule has 0 aliphatic heterocycles. The Morgan fingerprint density at radius 2 is 1.72 bits per heavy atom. The van der Waals surface area contributed by atoms with Crippen LogP contribution in [0.15, 0.2) is 66.0 Å². The molecule has 0 saturated heterocycles. The Balaban J connectivity index is 1.52. The van der Waals surface area contributed by atoms with Crippen molar-refractivity contribution in [2.75, 3.05) is 5.75 Å². The summed E-state index contributed by atoms with van der Waals surface area (Å²) in [5.41, 5.74) is 3.09. The Labute approximate surface area is 174 Å². The smallest absolute Gasteiger partial charge is 0.191 e. The number of thioether (sulfide) groups is 1. The van der Waals surface area contributed by atoms with E-state index in [1.807, 2.05) is 42.6 Å².